The molecule has 0 spiro atoms. The zero-order valence-corrected chi connectivity index (χ0v) is 30.6. The van der Waals surface area contributed by atoms with Gasteiger partial charge < -0.3 is 9.32 Å². The molecular weight excluding hydrogens is 679 g/mol. The minimum absolute atomic E-state index is 0.864. The van der Waals surface area contributed by atoms with Gasteiger partial charge in [-0.1, -0.05) is 164 Å². The number of hydrogen-bond acceptors (Lipinski definition) is 2. The summed E-state index contributed by atoms with van der Waals surface area (Å²) in [5.41, 5.74) is 12.2. The monoisotopic (exact) mass is 713 g/mol. The van der Waals surface area contributed by atoms with Crippen molar-refractivity contribution in [2.75, 3.05) is 4.90 Å². The van der Waals surface area contributed by atoms with Gasteiger partial charge in [-0.15, -0.1) is 0 Å². The summed E-state index contributed by atoms with van der Waals surface area (Å²) in [7, 11) is 0. The highest BCUT2D eigenvalue weighted by Crippen LogP contribution is 2.47. The van der Waals surface area contributed by atoms with E-state index in [4.69, 9.17) is 4.42 Å². The first-order chi connectivity index (χ1) is 27.8. The van der Waals surface area contributed by atoms with Gasteiger partial charge >= 0.3 is 0 Å². The van der Waals surface area contributed by atoms with Crippen LogP contribution in [-0.4, -0.2) is 0 Å². The SMILES string of the molecule is c1ccc(-c2ccc(N(c3ccc4c(c3)oc3c5ccccc5ccc43)c3ccc4c(c3)c(-c3ccccc3)c(-c3ccccc3)c3ccccc34)cc2)cc1. The van der Waals surface area contributed by atoms with Crippen molar-refractivity contribution < 1.29 is 4.42 Å². The summed E-state index contributed by atoms with van der Waals surface area (Å²) >= 11 is 0. The predicted octanol–water partition coefficient (Wildman–Crippen LogP) is 15.5. The zero-order chi connectivity index (χ0) is 37.0. The van der Waals surface area contributed by atoms with Crippen LogP contribution in [0.1, 0.15) is 0 Å². The summed E-state index contributed by atoms with van der Waals surface area (Å²) in [5, 5.41) is 9.44. The molecule has 0 saturated carbocycles. The van der Waals surface area contributed by atoms with E-state index in [9.17, 15) is 0 Å². The molecular formula is C54H35NO. The van der Waals surface area contributed by atoms with Gasteiger partial charge in [-0.05, 0) is 103 Å². The molecule has 0 aliphatic rings. The normalized spacial score (nSPS) is 11.6. The first kappa shape index (κ1) is 32.0. The fourth-order valence-corrected chi connectivity index (χ4v) is 8.64. The molecule has 0 radical (unpaired) electrons. The molecule has 11 aromatic rings. The van der Waals surface area contributed by atoms with Crippen LogP contribution in [0.5, 0.6) is 0 Å². The Bertz CT molecular complexity index is 3220. The lowest BCUT2D eigenvalue weighted by molar-refractivity contribution is 0.672. The molecule has 0 saturated heterocycles. The number of nitrogens with zero attached hydrogens (tertiary/aromatic N) is 1. The van der Waals surface area contributed by atoms with E-state index in [1.807, 2.05) is 0 Å². The number of rotatable bonds is 6. The van der Waals surface area contributed by atoms with Crippen LogP contribution in [-0.2, 0) is 0 Å². The second kappa shape index (κ2) is 13.2. The van der Waals surface area contributed by atoms with Crippen LogP contribution >= 0.6 is 0 Å². The molecule has 11 rings (SSSR count). The van der Waals surface area contributed by atoms with Crippen LogP contribution in [0.3, 0.4) is 0 Å². The minimum Gasteiger partial charge on any atom is -0.455 e. The third-order valence-electron chi connectivity index (χ3n) is 11.2. The van der Waals surface area contributed by atoms with Crippen molar-refractivity contribution in [3.8, 4) is 33.4 Å². The number of hydrogen-bond donors (Lipinski definition) is 0. The van der Waals surface area contributed by atoms with Crippen molar-refractivity contribution in [3.05, 3.63) is 212 Å². The maximum Gasteiger partial charge on any atom is 0.143 e. The summed E-state index contributed by atoms with van der Waals surface area (Å²) in [6.45, 7) is 0. The largest absolute Gasteiger partial charge is 0.455 e. The fourth-order valence-electron chi connectivity index (χ4n) is 8.64. The zero-order valence-electron chi connectivity index (χ0n) is 30.6. The van der Waals surface area contributed by atoms with E-state index in [0.29, 0.717) is 0 Å². The van der Waals surface area contributed by atoms with Crippen LogP contribution < -0.4 is 4.90 Å². The first-order valence-electron chi connectivity index (χ1n) is 19.2. The first-order valence-corrected chi connectivity index (χ1v) is 19.2. The number of anilines is 3. The van der Waals surface area contributed by atoms with E-state index in [-0.39, 0.29) is 0 Å². The van der Waals surface area contributed by atoms with Gasteiger partial charge in [-0.2, -0.15) is 0 Å². The molecule has 0 fully saturated rings. The standard InChI is InChI=1S/C54H35NO/c1-4-14-36(15-5-1)37-24-27-41(28-25-37)55(43-30-33-47-49-31-26-38-16-10-11-21-44(38)54(49)56-51(47)35-43)42-29-32-46-45-22-12-13-23-48(45)52(39-17-6-2-7-18-39)53(50(46)34-42)40-19-8-3-9-20-40/h1-35H. The Labute approximate surface area is 325 Å². The second-order valence-electron chi connectivity index (χ2n) is 14.5. The Kier molecular flexibility index (Phi) is 7.53. The molecule has 0 aliphatic carbocycles. The minimum atomic E-state index is 0.864. The van der Waals surface area contributed by atoms with Crippen LogP contribution in [0.4, 0.5) is 17.1 Å². The molecule has 0 unspecified atom stereocenters. The van der Waals surface area contributed by atoms with Crippen LogP contribution in [0.25, 0.3) is 87.6 Å². The van der Waals surface area contributed by atoms with E-state index >= 15 is 0 Å². The van der Waals surface area contributed by atoms with E-state index in [1.165, 1.54) is 60.3 Å². The fraction of sp³-hybridized carbons (Fsp3) is 0. The summed E-state index contributed by atoms with van der Waals surface area (Å²) in [5.74, 6) is 0. The highest BCUT2D eigenvalue weighted by atomic mass is 16.3. The lowest BCUT2D eigenvalue weighted by atomic mass is 9.85. The Morgan fingerprint density at radius 3 is 1.46 bits per heavy atom. The smallest absolute Gasteiger partial charge is 0.143 e. The van der Waals surface area contributed by atoms with E-state index in [0.717, 1.165) is 44.4 Å². The molecule has 2 nitrogen and oxygen atoms in total. The molecule has 56 heavy (non-hydrogen) atoms. The van der Waals surface area contributed by atoms with Gasteiger partial charge in [0.2, 0.25) is 0 Å². The topological polar surface area (TPSA) is 16.4 Å². The lowest BCUT2D eigenvalue weighted by Crippen LogP contribution is -2.10. The Balaban J connectivity index is 1.18. The van der Waals surface area contributed by atoms with Gasteiger partial charge in [0.05, 0.1) is 0 Å². The van der Waals surface area contributed by atoms with Crippen molar-refractivity contribution in [3.63, 3.8) is 0 Å². The number of benzene rings is 10. The lowest BCUT2D eigenvalue weighted by Gasteiger charge is -2.27. The maximum atomic E-state index is 6.74. The third kappa shape index (κ3) is 5.26. The molecule has 0 N–H and O–H groups in total. The summed E-state index contributed by atoms with van der Waals surface area (Å²) in [4.78, 5) is 2.37. The Hall–Kier alpha value is -7.42. The summed E-state index contributed by atoms with van der Waals surface area (Å²) in [6, 6.07) is 76.4. The average Bonchev–Trinajstić information content (AvgIpc) is 3.66. The van der Waals surface area contributed by atoms with Gasteiger partial charge in [-0.25, -0.2) is 0 Å². The highest BCUT2D eigenvalue weighted by Gasteiger charge is 2.21. The predicted molar refractivity (Wildman–Crippen MR) is 237 cm³/mol. The van der Waals surface area contributed by atoms with Crippen molar-refractivity contribution in [2.45, 2.75) is 0 Å². The second-order valence-corrected chi connectivity index (χ2v) is 14.5. The van der Waals surface area contributed by atoms with Crippen molar-refractivity contribution >= 4 is 71.3 Å². The Morgan fingerprint density at radius 2 is 0.768 bits per heavy atom. The Morgan fingerprint density at radius 1 is 0.286 bits per heavy atom. The molecule has 0 aliphatic heterocycles. The van der Waals surface area contributed by atoms with Gasteiger partial charge in [0.1, 0.15) is 11.2 Å². The molecule has 1 aromatic heterocycles. The summed E-state index contributed by atoms with van der Waals surface area (Å²) in [6.07, 6.45) is 0. The maximum absolute atomic E-state index is 6.74. The molecule has 262 valence electrons. The molecule has 0 atom stereocenters. The third-order valence-corrected chi connectivity index (χ3v) is 11.2. The van der Waals surface area contributed by atoms with Crippen LogP contribution in [0, 0.1) is 0 Å². The van der Waals surface area contributed by atoms with Gasteiger partial charge in [-0.3, -0.25) is 0 Å². The molecule has 0 amide bonds. The van der Waals surface area contributed by atoms with Gasteiger partial charge in [0, 0.05) is 39.3 Å². The average molecular weight is 714 g/mol. The van der Waals surface area contributed by atoms with Crippen molar-refractivity contribution in [2.24, 2.45) is 0 Å². The molecule has 2 heteroatoms. The number of furan rings is 1. The van der Waals surface area contributed by atoms with Gasteiger partial charge in [0.15, 0.2) is 0 Å². The van der Waals surface area contributed by atoms with E-state index < -0.39 is 0 Å². The number of fused-ring (bicyclic) bond motifs is 8. The van der Waals surface area contributed by atoms with Crippen molar-refractivity contribution in [1.82, 2.24) is 0 Å². The van der Waals surface area contributed by atoms with Crippen LogP contribution in [0.15, 0.2) is 217 Å². The van der Waals surface area contributed by atoms with E-state index in [1.54, 1.807) is 0 Å². The molecule has 0 bridgehead atoms. The molecule has 10 aromatic carbocycles. The quantitative estimate of drug-likeness (QED) is 0.160. The van der Waals surface area contributed by atoms with Crippen LogP contribution in [0.2, 0.25) is 0 Å². The summed E-state index contributed by atoms with van der Waals surface area (Å²) < 4.78 is 6.74. The molecule has 1 heterocycles. The van der Waals surface area contributed by atoms with E-state index in [2.05, 4.69) is 217 Å². The highest BCUT2D eigenvalue weighted by molar-refractivity contribution is 6.22. The van der Waals surface area contributed by atoms with Crippen molar-refractivity contribution in [1.29, 1.82) is 0 Å². The van der Waals surface area contributed by atoms with Gasteiger partial charge in [0.25, 0.3) is 0 Å².